The van der Waals surface area contributed by atoms with Gasteiger partial charge < -0.3 is 9.47 Å². The Morgan fingerprint density at radius 3 is 2.69 bits per heavy atom. The highest BCUT2D eigenvalue weighted by Gasteiger charge is 2.28. The quantitative estimate of drug-likeness (QED) is 0.765. The van der Waals surface area contributed by atoms with Crippen LogP contribution in [0.3, 0.4) is 0 Å². The first-order valence-corrected chi connectivity index (χ1v) is 5.40. The summed E-state index contributed by atoms with van der Waals surface area (Å²) >= 11 is 0. The van der Waals surface area contributed by atoms with Crippen molar-refractivity contribution in [2.24, 2.45) is 4.99 Å². The lowest BCUT2D eigenvalue weighted by Gasteiger charge is -2.09. The molecule has 86 valence electrons. The Labute approximate surface area is 96.1 Å². The molecule has 3 heteroatoms. The number of nitrogens with zero attached hydrogens (tertiary/aromatic N) is 1. The lowest BCUT2D eigenvalue weighted by Crippen LogP contribution is -2.17. The summed E-state index contributed by atoms with van der Waals surface area (Å²) < 4.78 is 10.9. The Morgan fingerprint density at radius 1 is 1.38 bits per heavy atom. The van der Waals surface area contributed by atoms with E-state index in [1.165, 1.54) is 0 Å². The third-order valence-electron chi connectivity index (χ3n) is 2.70. The van der Waals surface area contributed by atoms with E-state index >= 15 is 0 Å². The smallest absolute Gasteiger partial charge is 0.217 e. The van der Waals surface area contributed by atoms with Crippen LogP contribution >= 0.6 is 0 Å². The third kappa shape index (κ3) is 1.90. The molecule has 0 amide bonds. The molecule has 3 nitrogen and oxygen atoms in total. The highest BCUT2D eigenvalue weighted by molar-refractivity contribution is 5.97. The molecule has 0 aromatic heterocycles. The highest BCUT2D eigenvalue weighted by atomic mass is 16.5. The minimum absolute atomic E-state index is 0.120. The number of rotatable bonds is 2. The van der Waals surface area contributed by atoms with E-state index in [9.17, 15) is 0 Å². The average Bonchev–Trinajstić information content (AvgIpc) is 2.59. The molecule has 0 bridgehead atoms. The molecule has 1 aromatic carbocycles. The number of hydrogen-bond donors (Lipinski definition) is 0. The van der Waals surface area contributed by atoms with Gasteiger partial charge in [-0.25, -0.2) is 4.99 Å². The van der Waals surface area contributed by atoms with E-state index in [0.717, 1.165) is 22.8 Å². The van der Waals surface area contributed by atoms with Gasteiger partial charge in [0.05, 0.1) is 12.6 Å². The summed E-state index contributed by atoms with van der Waals surface area (Å²) in [7, 11) is 1.67. The molecule has 0 fully saturated rings. The molecular weight excluding hydrogens is 202 g/mol. The van der Waals surface area contributed by atoms with Crippen LogP contribution in [-0.2, 0) is 4.74 Å². The van der Waals surface area contributed by atoms with Gasteiger partial charge in [0, 0.05) is 11.1 Å². The van der Waals surface area contributed by atoms with E-state index in [1.54, 1.807) is 7.11 Å². The minimum Gasteiger partial charge on any atom is -0.496 e. The largest absolute Gasteiger partial charge is 0.496 e. The van der Waals surface area contributed by atoms with Crippen molar-refractivity contribution in [1.82, 2.24) is 0 Å². The first-order chi connectivity index (χ1) is 7.53. The van der Waals surface area contributed by atoms with E-state index in [0.29, 0.717) is 6.61 Å². The molecule has 0 aliphatic carbocycles. The molecule has 0 atom stereocenters. The summed E-state index contributed by atoms with van der Waals surface area (Å²) in [5.74, 6) is 1.59. The molecule has 0 unspecified atom stereocenters. The van der Waals surface area contributed by atoms with Gasteiger partial charge in [-0.05, 0) is 32.9 Å². The van der Waals surface area contributed by atoms with E-state index < -0.39 is 0 Å². The van der Waals surface area contributed by atoms with Crippen molar-refractivity contribution in [3.63, 3.8) is 0 Å². The predicted octanol–water partition coefficient (Wildman–Crippen LogP) is 2.56. The molecular formula is C13H17NO2. The summed E-state index contributed by atoms with van der Waals surface area (Å²) in [6.45, 7) is 6.79. The van der Waals surface area contributed by atoms with Crippen molar-refractivity contribution in [2.45, 2.75) is 26.3 Å². The van der Waals surface area contributed by atoms with Crippen LogP contribution in [0.2, 0.25) is 0 Å². The third-order valence-corrected chi connectivity index (χ3v) is 2.70. The summed E-state index contributed by atoms with van der Waals surface area (Å²) in [6.07, 6.45) is 0. The van der Waals surface area contributed by atoms with Gasteiger partial charge in [0.1, 0.15) is 12.4 Å². The molecule has 0 radical (unpaired) electrons. The van der Waals surface area contributed by atoms with Crippen LogP contribution in [0.25, 0.3) is 0 Å². The number of hydrogen-bond acceptors (Lipinski definition) is 3. The average molecular weight is 219 g/mol. The van der Waals surface area contributed by atoms with Gasteiger partial charge in [0.25, 0.3) is 0 Å². The lowest BCUT2D eigenvalue weighted by atomic mass is 10.1. The second kappa shape index (κ2) is 3.81. The first-order valence-electron chi connectivity index (χ1n) is 5.40. The number of aliphatic imine (C=N–C) groups is 1. The van der Waals surface area contributed by atoms with Gasteiger partial charge in [-0.15, -0.1) is 0 Å². The number of methoxy groups -OCH3 is 1. The standard InChI is InChI=1S/C13H17NO2/c1-9-10(6-5-7-11(9)15-4)12-14-13(2,3)8-16-12/h5-7H,8H2,1-4H3. The van der Waals surface area contributed by atoms with Gasteiger partial charge in [0.15, 0.2) is 0 Å². The molecule has 0 spiro atoms. The molecule has 2 rings (SSSR count). The Balaban J connectivity index is 2.42. The Morgan fingerprint density at radius 2 is 2.12 bits per heavy atom. The number of benzene rings is 1. The van der Waals surface area contributed by atoms with Crippen LogP contribution in [0.15, 0.2) is 23.2 Å². The Hall–Kier alpha value is -1.51. The maximum Gasteiger partial charge on any atom is 0.217 e. The van der Waals surface area contributed by atoms with Crippen LogP contribution in [0.5, 0.6) is 5.75 Å². The molecule has 1 aromatic rings. The van der Waals surface area contributed by atoms with Crippen molar-refractivity contribution in [3.05, 3.63) is 29.3 Å². The van der Waals surface area contributed by atoms with Crippen LogP contribution < -0.4 is 4.74 Å². The maximum absolute atomic E-state index is 5.63. The second-order valence-corrected chi connectivity index (χ2v) is 4.65. The maximum atomic E-state index is 5.63. The second-order valence-electron chi connectivity index (χ2n) is 4.65. The van der Waals surface area contributed by atoms with Crippen molar-refractivity contribution in [1.29, 1.82) is 0 Å². The van der Waals surface area contributed by atoms with Crippen molar-refractivity contribution in [2.75, 3.05) is 13.7 Å². The molecule has 1 heterocycles. The van der Waals surface area contributed by atoms with Gasteiger partial charge >= 0.3 is 0 Å². The van der Waals surface area contributed by atoms with Crippen LogP contribution in [0, 0.1) is 6.92 Å². The highest BCUT2D eigenvalue weighted by Crippen LogP contribution is 2.26. The summed E-state index contributed by atoms with van der Waals surface area (Å²) in [5, 5.41) is 0. The van der Waals surface area contributed by atoms with Gasteiger partial charge in [-0.1, -0.05) is 6.07 Å². The van der Waals surface area contributed by atoms with Crippen LogP contribution in [0.4, 0.5) is 0 Å². The fourth-order valence-corrected chi connectivity index (χ4v) is 1.79. The van der Waals surface area contributed by atoms with Crippen molar-refractivity contribution >= 4 is 5.90 Å². The summed E-state index contributed by atoms with van der Waals surface area (Å²) in [4.78, 5) is 4.57. The van der Waals surface area contributed by atoms with Crippen LogP contribution in [0.1, 0.15) is 25.0 Å². The van der Waals surface area contributed by atoms with Gasteiger partial charge in [-0.3, -0.25) is 0 Å². The molecule has 0 N–H and O–H groups in total. The predicted molar refractivity (Wildman–Crippen MR) is 64.3 cm³/mol. The summed E-state index contributed by atoms with van der Waals surface area (Å²) in [5.41, 5.74) is 1.97. The Kier molecular flexibility index (Phi) is 2.62. The zero-order valence-electron chi connectivity index (χ0n) is 10.2. The van der Waals surface area contributed by atoms with Gasteiger partial charge in [0.2, 0.25) is 5.90 Å². The lowest BCUT2D eigenvalue weighted by molar-refractivity contribution is 0.279. The Bertz CT molecular complexity index is 436. The fraction of sp³-hybridized carbons (Fsp3) is 0.462. The zero-order valence-corrected chi connectivity index (χ0v) is 10.2. The van der Waals surface area contributed by atoms with E-state index in [4.69, 9.17) is 9.47 Å². The topological polar surface area (TPSA) is 30.8 Å². The monoisotopic (exact) mass is 219 g/mol. The summed E-state index contributed by atoms with van der Waals surface area (Å²) in [6, 6.07) is 5.91. The van der Waals surface area contributed by atoms with Crippen molar-refractivity contribution in [3.8, 4) is 5.75 Å². The molecule has 16 heavy (non-hydrogen) atoms. The SMILES string of the molecule is COc1cccc(C2=NC(C)(C)CO2)c1C. The van der Waals surface area contributed by atoms with Crippen molar-refractivity contribution < 1.29 is 9.47 Å². The number of ether oxygens (including phenoxy) is 2. The minimum atomic E-state index is -0.120. The first kappa shape index (κ1) is 11.0. The zero-order chi connectivity index (χ0) is 11.8. The molecule has 1 aliphatic rings. The molecule has 0 saturated carbocycles. The van der Waals surface area contributed by atoms with E-state index in [-0.39, 0.29) is 5.54 Å². The van der Waals surface area contributed by atoms with Gasteiger partial charge in [-0.2, -0.15) is 0 Å². The van der Waals surface area contributed by atoms with Crippen LogP contribution in [-0.4, -0.2) is 25.2 Å². The van der Waals surface area contributed by atoms with E-state index in [1.807, 2.05) is 25.1 Å². The van der Waals surface area contributed by atoms with E-state index in [2.05, 4.69) is 18.8 Å². The fourth-order valence-electron chi connectivity index (χ4n) is 1.79. The molecule has 1 aliphatic heterocycles. The normalized spacial score (nSPS) is 17.9. The molecule has 0 saturated heterocycles.